The van der Waals surface area contributed by atoms with Crippen LogP contribution < -0.4 is 5.32 Å². The predicted molar refractivity (Wildman–Crippen MR) is 78.1 cm³/mol. The molecule has 0 bridgehead atoms. The van der Waals surface area contributed by atoms with E-state index < -0.39 is 0 Å². The van der Waals surface area contributed by atoms with Gasteiger partial charge in [-0.1, -0.05) is 23.8 Å². The highest BCUT2D eigenvalue weighted by molar-refractivity contribution is 5.83. The lowest BCUT2D eigenvalue weighted by Crippen LogP contribution is -2.43. The molecule has 4 nitrogen and oxygen atoms in total. The molecule has 1 heterocycles. The summed E-state index contributed by atoms with van der Waals surface area (Å²) in [7, 11) is 1.83. The molecule has 0 radical (unpaired) electrons. The number of carbonyl (C=O) groups is 2. The van der Waals surface area contributed by atoms with Crippen LogP contribution in [0.2, 0.25) is 0 Å². The summed E-state index contributed by atoms with van der Waals surface area (Å²) in [6, 6.07) is 6.28. The minimum Gasteiger partial charge on any atom is -0.355 e. The highest BCUT2D eigenvalue weighted by Gasteiger charge is 2.26. The standard InChI is InChI=1S/C16H22N2O2/c1-11-4-5-14(12(2)8-11)10-18(3)16(20)13-6-7-15(19)17-9-13/h4-5,8,13H,6-7,9-10H2,1-3H3,(H,17,19). The molecule has 1 aromatic rings. The highest BCUT2D eigenvalue weighted by Crippen LogP contribution is 2.17. The molecule has 1 aliphatic heterocycles. The second-order valence-electron chi connectivity index (χ2n) is 5.66. The van der Waals surface area contributed by atoms with Gasteiger partial charge in [0.05, 0.1) is 5.92 Å². The molecule has 0 aliphatic carbocycles. The predicted octanol–water partition coefficient (Wildman–Crippen LogP) is 1.79. The van der Waals surface area contributed by atoms with Crippen molar-refractivity contribution in [3.05, 3.63) is 34.9 Å². The first-order valence-corrected chi connectivity index (χ1v) is 7.05. The molecular weight excluding hydrogens is 252 g/mol. The fourth-order valence-electron chi connectivity index (χ4n) is 2.61. The lowest BCUT2D eigenvalue weighted by atomic mass is 9.97. The van der Waals surface area contributed by atoms with Gasteiger partial charge in [-0.25, -0.2) is 0 Å². The Morgan fingerprint density at radius 1 is 1.40 bits per heavy atom. The van der Waals surface area contributed by atoms with Crippen molar-refractivity contribution in [2.75, 3.05) is 13.6 Å². The molecule has 1 saturated heterocycles. The lowest BCUT2D eigenvalue weighted by Gasteiger charge is -2.27. The maximum absolute atomic E-state index is 12.4. The summed E-state index contributed by atoms with van der Waals surface area (Å²) in [5.74, 6) is 0.0829. The van der Waals surface area contributed by atoms with Gasteiger partial charge < -0.3 is 10.2 Å². The van der Waals surface area contributed by atoms with Gasteiger partial charge in [0.1, 0.15) is 0 Å². The first kappa shape index (κ1) is 14.6. The molecule has 2 amide bonds. The molecular formula is C16H22N2O2. The Balaban J connectivity index is 1.98. The van der Waals surface area contributed by atoms with Crippen LogP contribution in [0.3, 0.4) is 0 Å². The summed E-state index contributed by atoms with van der Waals surface area (Å²) in [4.78, 5) is 25.3. The largest absolute Gasteiger partial charge is 0.355 e. The van der Waals surface area contributed by atoms with Gasteiger partial charge in [0.2, 0.25) is 11.8 Å². The molecule has 108 valence electrons. The number of hydrogen-bond acceptors (Lipinski definition) is 2. The third-order valence-corrected chi connectivity index (χ3v) is 3.90. The Hall–Kier alpha value is -1.84. The van der Waals surface area contributed by atoms with Crippen LogP contribution in [0.25, 0.3) is 0 Å². The SMILES string of the molecule is Cc1ccc(CN(C)C(=O)C2CCC(=O)NC2)c(C)c1. The fourth-order valence-corrected chi connectivity index (χ4v) is 2.61. The first-order chi connectivity index (χ1) is 9.47. The van der Waals surface area contributed by atoms with Crippen molar-refractivity contribution < 1.29 is 9.59 Å². The average Bonchev–Trinajstić information content (AvgIpc) is 2.42. The summed E-state index contributed by atoms with van der Waals surface area (Å²) in [5, 5.41) is 2.76. The van der Waals surface area contributed by atoms with Crippen LogP contribution in [-0.2, 0) is 16.1 Å². The zero-order valence-electron chi connectivity index (χ0n) is 12.4. The number of hydrogen-bond donors (Lipinski definition) is 1. The van der Waals surface area contributed by atoms with Gasteiger partial charge in [-0.3, -0.25) is 9.59 Å². The second-order valence-corrected chi connectivity index (χ2v) is 5.66. The number of rotatable bonds is 3. The number of aryl methyl sites for hydroxylation is 2. The summed E-state index contributed by atoms with van der Waals surface area (Å²) in [6.45, 7) is 5.22. The van der Waals surface area contributed by atoms with Crippen LogP contribution in [0.15, 0.2) is 18.2 Å². The normalized spacial score (nSPS) is 18.6. The number of piperidine rings is 1. The summed E-state index contributed by atoms with van der Waals surface area (Å²) in [5.41, 5.74) is 3.61. The number of nitrogens with zero attached hydrogens (tertiary/aromatic N) is 1. The molecule has 1 aliphatic rings. The van der Waals surface area contributed by atoms with E-state index in [1.807, 2.05) is 7.05 Å². The molecule has 20 heavy (non-hydrogen) atoms. The van der Waals surface area contributed by atoms with E-state index in [0.717, 1.165) is 0 Å². The minimum absolute atomic E-state index is 0.0473. The summed E-state index contributed by atoms with van der Waals surface area (Å²) < 4.78 is 0. The van der Waals surface area contributed by atoms with Crippen molar-refractivity contribution in [1.82, 2.24) is 10.2 Å². The Labute approximate surface area is 120 Å². The fraction of sp³-hybridized carbons (Fsp3) is 0.500. The van der Waals surface area contributed by atoms with Crippen molar-refractivity contribution in [2.45, 2.75) is 33.2 Å². The van der Waals surface area contributed by atoms with Gasteiger partial charge in [-0.2, -0.15) is 0 Å². The van der Waals surface area contributed by atoms with E-state index in [1.165, 1.54) is 16.7 Å². The van der Waals surface area contributed by atoms with E-state index in [-0.39, 0.29) is 17.7 Å². The van der Waals surface area contributed by atoms with E-state index in [1.54, 1.807) is 4.90 Å². The number of nitrogens with one attached hydrogen (secondary N) is 1. The molecule has 4 heteroatoms. The van der Waals surface area contributed by atoms with E-state index in [9.17, 15) is 9.59 Å². The van der Waals surface area contributed by atoms with E-state index in [0.29, 0.717) is 25.9 Å². The molecule has 2 rings (SSSR count). The molecule has 0 aromatic heterocycles. The zero-order valence-corrected chi connectivity index (χ0v) is 12.4. The van der Waals surface area contributed by atoms with Crippen molar-refractivity contribution >= 4 is 11.8 Å². The van der Waals surface area contributed by atoms with E-state index in [4.69, 9.17) is 0 Å². The Morgan fingerprint density at radius 3 is 2.75 bits per heavy atom. The van der Waals surface area contributed by atoms with Crippen LogP contribution in [0.1, 0.15) is 29.5 Å². The lowest BCUT2D eigenvalue weighted by molar-refractivity contribution is -0.136. The average molecular weight is 274 g/mol. The molecule has 0 spiro atoms. The first-order valence-electron chi connectivity index (χ1n) is 7.05. The van der Waals surface area contributed by atoms with Crippen molar-refractivity contribution in [3.8, 4) is 0 Å². The van der Waals surface area contributed by atoms with Crippen LogP contribution in [0.5, 0.6) is 0 Å². The van der Waals surface area contributed by atoms with Crippen molar-refractivity contribution in [2.24, 2.45) is 5.92 Å². The monoisotopic (exact) mass is 274 g/mol. The maximum atomic E-state index is 12.4. The Kier molecular flexibility index (Phi) is 4.42. The zero-order chi connectivity index (χ0) is 14.7. The highest BCUT2D eigenvalue weighted by atomic mass is 16.2. The molecule has 0 saturated carbocycles. The third-order valence-electron chi connectivity index (χ3n) is 3.90. The van der Waals surface area contributed by atoms with Gasteiger partial charge in [0.25, 0.3) is 0 Å². The molecule has 1 fully saturated rings. The van der Waals surface area contributed by atoms with Crippen LogP contribution >= 0.6 is 0 Å². The van der Waals surface area contributed by atoms with Crippen molar-refractivity contribution in [1.29, 1.82) is 0 Å². The smallest absolute Gasteiger partial charge is 0.227 e. The van der Waals surface area contributed by atoms with Crippen molar-refractivity contribution in [3.63, 3.8) is 0 Å². The van der Waals surface area contributed by atoms with E-state index >= 15 is 0 Å². The quantitative estimate of drug-likeness (QED) is 0.913. The summed E-state index contributed by atoms with van der Waals surface area (Å²) in [6.07, 6.45) is 1.11. The number of carbonyl (C=O) groups excluding carboxylic acids is 2. The number of amides is 2. The van der Waals surface area contributed by atoms with Crippen LogP contribution in [0, 0.1) is 19.8 Å². The maximum Gasteiger partial charge on any atom is 0.227 e. The van der Waals surface area contributed by atoms with Crippen LogP contribution in [-0.4, -0.2) is 30.3 Å². The molecule has 1 atom stereocenters. The van der Waals surface area contributed by atoms with Gasteiger partial charge >= 0.3 is 0 Å². The second kappa shape index (κ2) is 6.07. The van der Waals surface area contributed by atoms with Gasteiger partial charge in [0.15, 0.2) is 0 Å². The Morgan fingerprint density at radius 2 is 2.15 bits per heavy atom. The third kappa shape index (κ3) is 3.38. The van der Waals surface area contributed by atoms with Gasteiger partial charge in [-0.05, 0) is 31.4 Å². The minimum atomic E-state index is -0.0801. The number of benzene rings is 1. The molecule has 1 N–H and O–H groups in total. The molecule has 1 unspecified atom stereocenters. The Bertz CT molecular complexity index is 515. The topological polar surface area (TPSA) is 49.4 Å². The van der Waals surface area contributed by atoms with Gasteiger partial charge in [0, 0.05) is 26.6 Å². The molecule has 1 aromatic carbocycles. The summed E-state index contributed by atoms with van der Waals surface area (Å²) >= 11 is 0. The van der Waals surface area contributed by atoms with Crippen LogP contribution in [0.4, 0.5) is 0 Å². The van der Waals surface area contributed by atoms with Gasteiger partial charge in [-0.15, -0.1) is 0 Å². The van der Waals surface area contributed by atoms with E-state index in [2.05, 4.69) is 37.4 Å².